The zero-order valence-corrected chi connectivity index (χ0v) is 16.7. The van der Waals surface area contributed by atoms with E-state index in [9.17, 15) is 31.1 Å². The summed E-state index contributed by atoms with van der Waals surface area (Å²) < 4.78 is 83.2. The van der Waals surface area contributed by atoms with Crippen LogP contribution in [0.1, 0.15) is 21.7 Å². The summed E-state index contributed by atoms with van der Waals surface area (Å²) in [5.41, 5.74) is -1.91. The van der Waals surface area contributed by atoms with E-state index >= 15 is 0 Å². The molecular weight excluding hydrogens is 454 g/mol. The first-order chi connectivity index (χ1) is 15.5. The number of fused-ring (bicyclic) bond motifs is 1. The number of benzene rings is 1. The van der Waals surface area contributed by atoms with Gasteiger partial charge in [-0.05, 0) is 30.3 Å². The van der Waals surface area contributed by atoms with Crippen molar-refractivity contribution in [3.8, 4) is 11.3 Å². The van der Waals surface area contributed by atoms with Gasteiger partial charge in [-0.3, -0.25) is 9.48 Å². The number of carbonyl (C=O) groups excluding carboxylic acids is 1. The second-order valence-corrected chi connectivity index (χ2v) is 7.11. The van der Waals surface area contributed by atoms with Crippen molar-refractivity contribution < 1.29 is 31.1 Å². The van der Waals surface area contributed by atoms with Crippen LogP contribution in [0.15, 0.2) is 48.8 Å². The third kappa shape index (κ3) is 4.25. The lowest BCUT2D eigenvalue weighted by Crippen LogP contribution is -2.36. The molecular formula is C20H14F6N6O. The first-order valence-electron chi connectivity index (χ1n) is 9.33. The highest BCUT2D eigenvalue weighted by atomic mass is 19.4. The van der Waals surface area contributed by atoms with Gasteiger partial charge in [0.1, 0.15) is 11.5 Å². The maximum absolute atomic E-state index is 14.4. The summed E-state index contributed by atoms with van der Waals surface area (Å²) in [6.45, 7) is 0.0281. The minimum atomic E-state index is -5.93. The Morgan fingerprint density at radius 3 is 2.39 bits per heavy atom. The van der Waals surface area contributed by atoms with E-state index in [4.69, 9.17) is 0 Å². The molecule has 0 spiro atoms. The van der Waals surface area contributed by atoms with E-state index in [0.717, 1.165) is 18.2 Å². The molecule has 3 aromatic heterocycles. The Labute approximate surface area is 181 Å². The molecule has 0 bridgehead atoms. The smallest absolute Gasteiger partial charge is 0.346 e. The lowest BCUT2D eigenvalue weighted by Gasteiger charge is -2.21. The normalized spacial score (nSPS) is 12.3. The molecule has 1 aromatic carbocycles. The molecule has 0 aliphatic rings. The van der Waals surface area contributed by atoms with Crippen LogP contribution in [0.5, 0.6) is 0 Å². The number of rotatable bonds is 5. The molecule has 0 fully saturated rings. The van der Waals surface area contributed by atoms with Crippen LogP contribution in [0.3, 0.4) is 0 Å². The van der Waals surface area contributed by atoms with Gasteiger partial charge >= 0.3 is 12.1 Å². The number of halogens is 6. The zero-order chi connectivity index (χ0) is 24.0. The van der Waals surface area contributed by atoms with Gasteiger partial charge in [0.2, 0.25) is 0 Å². The Morgan fingerprint density at radius 2 is 1.79 bits per heavy atom. The molecule has 0 aliphatic heterocycles. The van der Waals surface area contributed by atoms with Gasteiger partial charge in [-0.2, -0.15) is 32.1 Å². The van der Waals surface area contributed by atoms with Crippen LogP contribution in [0.2, 0.25) is 0 Å². The molecule has 0 radical (unpaired) electrons. The van der Waals surface area contributed by atoms with E-state index < -0.39 is 40.9 Å². The van der Waals surface area contributed by atoms with E-state index in [2.05, 4.69) is 20.5 Å². The van der Waals surface area contributed by atoms with Gasteiger partial charge in [-0.25, -0.2) is 13.9 Å². The molecule has 1 N–H and O–H groups in total. The average molecular weight is 468 g/mol. The third-order valence-corrected chi connectivity index (χ3v) is 4.69. The SMILES string of the molecule is Cn1cc(CNC(=O)c2cc3nc(-c4ccc(F)cc4)cc(C(F)(F)C(F)(F)F)n3n2)cn1. The van der Waals surface area contributed by atoms with Crippen LogP contribution < -0.4 is 5.32 Å². The van der Waals surface area contributed by atoms with Crippen LogP contribution in [0.25, 0.3) is 16.9 Å². The molecule has 7 nitrogen and oxygen atoms in total. The number of aryl methyl sites for hydroxylation is 1. The van der Waals surface area contributed by atoms with E-state index in [1.54, 1.807) is 13.2 Å². The van der Waals surface area contributed by atoms with Gasteiger partial charge in [0.15, 0.2) is 11.3 Å². The molecule has 1 amide bonds. The van der Waals surface area contributed by atoms with Crippen LogP contribution in [-0.2, 0) is 19.5 Å². The highest BCUT2D eigenvalue weighted by molar-refractivity contribution is 5.93. The largest absolute Gasteiger partial charge is 0.459 e. The maximum Gasteiger partial charge on any atom is 0.459 e. The van der Waals surface area contributed by atoms with E-state index in [1.165, 1.54) is 23.0 Å². The molecule has 0 saturated heterocycles. The number of hydrogen-bond donors (Lipinski definition) is 1. The molecule has 0 aliphatic carbocycles. The molecule has 4 aromatic rings. The van der Waals surface area contributed by atoms with Crippen molar-refractivity contribution >= 4 is 11.6 Å². The summed E-state index contributed by atoms with van der Waals surface area (Å²) in [7, 11) is 1.67. The van der Waals surface area contributed by atoms with Crippen molar-refractivity contribution in [2.45, 2.75) is 18.6 Å². The number of carbonyl (C=O) groups is 1. The molecule has 0 saturated carbocycles. The highest BCUT2D eigenvalue weighted by Crippen LogP contribution is 2.44. The Balaban J connectivity index is 1.78. The number of hydrogen-bond acceptors (Lipinski definition) is 4. The van der Waals surface area contributed by atoms with Crippen LogP contribution >= 0.6 is 0 Å². The summed E-state index contributed by atoms with van der Waals surface area (Å²) in [4.78, 5) is 16.5. The van der Waals surface area contributed by atoms with Gasteiger partial charge in [-0.1, -0.05) is 0 Å². The molecule has 172 valence electrons. The Kier molecular flexibility index (Phi) is 5.34. The zero-order valence-electron chi connectivity index (χ0n) is 16.7. The van der Waals surface area contributed by atoms with Gasteiger partial charge in [-0.15, -0.1) is 0 Å². The first kappa shape index (κ1) is 22.3. The maximum atomic E-state index is 14.4. The average Bonchev–Trinajstić information content (AvgIpc) is 3.36. The third-order valence-electron chi connectivity index (χ3n) is 4.69. The van der Waals surface area contributed by atoms with E-state index in [1.807, 2.05) is 0 Å². The fourth-order valence-corrected chi connectivity index (χ4v) is 3.06. The molecule has 13 heteroatoms. The second-order valence-electron chi connectivity index (χ2n) is 7.11. The van der Waals surface area contributed by atoms with Crippen molar-refractivity contribution in [2.24, 2.45) is 7.05 Å². The summed E-state index contributed by atoms with van der Waals surface area (Å²) in [6, 6.07) is 5.88. The Hall–Kier alpha value is -3.90. The van der Waals surface area contributed by atoms with E-state index in [-0.39, 0.29) is 22.3 Å². The summed E-state index contributed by atoms with van der Waals surface area (Å²) >= 11 is 0. The lowest BCUT2D eigenvalue weighted by atomic mass is 10.1. The highest BCUT2D eigenvalue weighted by Gasteiger charge is 2.60. The summed E-state index contributed by atoms with van der Waals surface area (Å²) in [5, 5.41) is 10.1. The van der Waals surface area contributed by atoms with Gasteiger partial charge < -0.3 is 5.32 Å². The number of alkyl halides is 5. The number of nitrogens with zero attached hydrogens (tertiary/aromatic N) is 5. The van der Waals surface area contributed by atoms with Crippen molar-refractivity contribution in [3.05, 3.63) is 71.6 Å². The Bertz CT molecular complexity index is 1330. The first-order valence-corrected chi connectivity index (χ1v) is 9.33. The van der Waals surface area contributed by atoms with Crippen LogP contribution in [0.4, 0.5) is 26.3 Å². The summed E-state index contributed by atoms with van der Waals surface area (Å²) in [5.74, 6) is -6.75. The fourth-order valence-electron chi connectivity index (χ4n) is 3.06. The summed E-state index contributed by atoms with van der Waals surface area (Å²) in [6.07, 6.45) is -2.82. The Morgan fingerprint density at radius 1 is 1.09 bits per heavy atom. The quantitative estimate of drug-likeness (QED) is 0.452. The van der Waals surface area contributed by atoms with E-state index in [0.29, 0.717) is 11.6 Å². The van der Waals surface area contributed by atoms with Crippen molar-refractivity contribution in [1.82, 2.24) is 29.7 Å². The number of nitrogens with one attached hydrogen (secondary N) is 1. The predicted octanol–water partition coefficient (Wildman–Crippen LogP) is 3.85. The molecule has 0 atom stereocenters. The monoisotopic (exact) mass is 468 g/mol. The van der Waals surface area contributed by atoms with Crippen LogP contribution in [0, 0.1) is 5.82 Å². The van der Waals surface area contributed by atoms with Crippen molar-refractivity contribution in [3.63, 3.8) is 0 Å². The predicted molar refractivity (Wildman–Crippen MR) is 103 cm³/mol. The molecule has 33 heavy (non-hydrogen) atoms. The standard InChI is InChI=1S/C20H14F6N6O/c1-31-10-11(9-28-31)8-27-18(33)15-7-17-29-14(12-2-4-13(21)5-3-12)6-16(32(17)30-15)19(22,23)20(24,25)26/h2-7,9-10H,8H2,1H3,(H,27,33). The van der Waals surface area contributed by atoms with Gasteiger partial charge in [0.25, 0.3) is 5.91 Å². The molecule has 4 rings (SSSR count). The molecule has 0 unspecified atom stereocenters. The van der Waals surface area contributed by atoms with Gasteiger partial charge in [0.05, 0.1) is 11.9 Å². The van der Waals surface area contributed by atoms with Crippen molar-refractivity contribution in [1.29, 1.82) is 0 Å². The van der Waals surface area contributed by atoms with Gasteiger partial charge in [0, 0.05) is 37.0 Å². The molecule has 3 heterocycles. The number of amides is 1. The minimum absolute atomic E-state index is 0.0281. The minimum Gasteiger partial charge on any atom is -0.346 e. The topological polar surface area (TPSA) is 77.1 Å². The number of aromatic nitrogens is 5. The second kappa shape index (κ2) is 7.90. The van der Waals surface area contributed by atoms with Crippen molar-refractivity contribution in [2.75, 3.05) is 0 Å². The van der Waals surface area contributed by atoms with Crippen LogP contribution in [-0.4, -0.2) is 36.5 Å². The fraction of sp³-hybridized carbons (Fsp3) is 0.200. The lowest BCUT2D eigenvalue weighted by molar-refractivity contribution is -0.291.